The number of carbonyl (C=O) groups is 4. The van der Waals surface area contributed by atoms with E-state index in [1.165, 1.54) is 82.4 Å². The van der Waals surface area contributed by atoms with Crippen molar-refractivity contribution in [1.29, 1.82) is 0 Å². The number of rotatable bonds is 32. The van der Waals surface area contributed by atoms with Crippen LogP contribution < -0.4 is 23.7 Å². The lowest BCUT2D eigenvalue weighted by molar-refractivity contribution is 0.0443. The molecule has 0 aliphatic carbocycles. The standard InChI is InChI=1S/C54H70O10/c1-5-8-11-14-16-19-22-50(55)42-23-29-46(30-24-42)60-38-39-61-54(58)49-40-48(63-52(56)43-27-33-47(34-28-43)62-41(4)21-18-13-10-7-3)35-36-51(49)64-53(57)44-25-31-45(32-26-44)59-37-20-17-15-12-9-6-2/h23-36,40-41H,5-22,37-39H2,1-4H3. The first kappa shape index (κ1) is 51.0. The molecule has 0 aliphatic rings. The zero-order chi connectivity index (χ0) is 45.8. The molecular formula is C54H70O10. The van der Waals surface area contributed by atoms with Crippen molar-refractivity contribution in [2.75, 3.05) is 19.8 Å². The zero-order valence-corrected chi connectivity index (χ0v) is 38.7. The lowest BCUT2D eigenvalue weighted by Gasteiger charge is -2.15. The van der Waals surface area contributed by atoms with Crippen LogP contribution in [0.2, 0.25) is 0 Å². The molecule has 0 radical (unpaired) electrons. The van der Waals surface area contributed by atoms with E-state index >= 15 is 0 Å². The van der Waals surface area contributed by atoms with Gasteiger partial charge in [0, 0.05) is 12.0 Å². The van der Waals surface area contributed by atoms with Gasteiger partial charge in [-0.3, -0.25) is 4.79 Å². The normalized spacial score (nSPS) is 11.4. The fraction of sp³-hybridized carbons (Fsp3) is 0.481. The number of hydrogen-bond acceptors (Lipinski definition) is 10. The first-order valence-corrected chi connectivity index (χ1v) is 23.7. The molecule has 64 heavy (non-hydrogen) atoms. The Balaban J connectivity index is 1.37. The van der Waals surface area contributed by atoms with E-state index in [2.05, 4.69) is 20.8 Å². The summed E-state index contributed by atoms with van der Waals surface area (Å²) in [6.07, 6.45) is 19.8. The largest absolute Gasteiger partial charge is 0.494 e. The van der Waals surface area contributed by atoms with E-state index in [-0.39, 0.29) is 53.3 Å². The van der Waals surface area contributed by atoms with Crippen molar-refractivity contribution in [2.24, 2.45) is 0 Å². The van der Waals surface area contributed by atoms with E-state index < -0.39 is 17.9 Å². The van der Waals surface area contributed by atoms with E-state index in [0.717, 1.165) is 44.9 Å². The molecule has 4 aromatic carbocycles. The highest BCUT2D eigenvalue weighted by molar-refractivity contribution is 5.97. The predicted molar refractivity (Wildman–Crippen MR) is 252 cm³/mol. The average molecular weight is 879 g/mol. The number of ketones is 1. The minimum Gasteiger partial charge on any atom is -0.494 e. The highest BCUT2D eigenvalue weighted by Gasteiger charge is 2.21. The van der Waals surface area contributed by atoms with Gasteiger partial charge in [0.05, 0.1) is 23.8 Å². The van der Waals surface area contributed by atoms with Crippen molar-refractivity contribution < 1.29 is 47.6 Å². The summed E-state index contributed by atoms with van der Waals surface area (Å²) in [7, 11) is 0. The maximum atomic E-state index is 13.6. The Morgan fingerprint density at radius 1 is 0.453 bits per heavy atom. The first-order chi connectivity index (χ1) is 31.2. The van der Waals surface area contributed by atoms with E-state index in [1.54, 1.807) is 72.8 Å². The second-order valence-electron chi connectivity index (χ2n) is 16.3. The number of ether oxygens (including phenoxy) is 6. The predicted octanol–water partition coefficient (Wildman–Crippen LogP) is 13.8. The van der Waals surface area contributed by atoms with Crippen molar-refractivity contribution >= 4 is 23.7 Å². The Kier molecular flexibility index (Phi) is 23.6. The van der Waals surface area contributed by atoms with Crippen LogP contribution in [0.4, 0.5) is 0 Å². The van der Waals surface area contributed by atoms with Crippen LogP contribution in [0, 0.1) is 0 Å². The number of carbonyl (C=O) groups excluding carboxylic acids is 4. The molecule has 4 aromatic rings. The van der Waals surface area contributed by atoms with Crippen LogP contribution >= 0.6 is 0 Å². The molecule has 0 aliphatic heterocycles. The third-order valence-electron chi connectivity index (χ3n) is 10.9. The number of esters is 3. The van der Waals surface area contributed by atoms with Crippen LogP contribution in [0.1, 0.15) is 185 Å². The minimum absolute atomic E-state index is 0.0191. The van der Waals surface area contributed by atoms with Crippen LogP contribution in [0.3, 0.4) is 0 Å². The van der Waals surface area contributed by atoms with Gasteiger partial charge in [-0.2, -0.15) is 0 Å². The molecule has 1 atom stereocenters. The second-order valence-corrected chi connectivity index (χ2v) is 16.3. The fourth-order valence-electron chi connectivity index (χ4n) is 7.04. The molecule has 0 spiro atoms. The Bertz CT molecular complexity index is 1970. The highest BCUT2D eigenvalue weighted by Crippen LogP contribution is 2.28. The van der Waals surface area contributed by atoms with Gasteiger partial charge in [-0.1, -0.05) is 104 Å². The third kappa shape index (κ3) is 19.0. The summed E-state index contributed by atoms with van der Waals surface area (Å²) >= 11 is 0. The second kappa shape index (κ2) is 29.7. The summed E-state index contributed by atoms with van der Waals surface area (Å²) in [4.78, 5) is 52.8. The van der Waals surface area contributed by atoms with Crippen molar-refractivity contribution in [3.63, 3.8) is 0 Å². The van der Waals surface area contributed by atoms with Crippen molar-refractivity contribution in [1.82, 2.24) is 0 Å². The van der Waals surface area contributed by atoms with Crippen LogP contribution in [0.15, 0.2) is 91.0 Å². The molecule has 0 saturated carbocycles. The van der Waals surface area contributed by atoms with Crippen molar-refractivity contribution in [3.05, 3.63) is 113 Å². The summed E-state index contributed by atoms with van der Waals surface area (Å²) in [5.41, 5.74) is 1.05. The molecule has 0 bridgehead atoms. The van der Waals surface area contributed by atoms with Crippen LogP contribution in [0.25, 0.3) is 0 Å². The lowest BCUT2D eigenvalue weighted by atomic mass is 10.0. The van der Waals surface area contributed by atoms with E-state index in [1.807, 2.05) is 6.92 Å². The van der Waals surface area contributed by atoms with Gasteiger partial charge in [0.1, 0.15) is 47.5 Å². The van der Waals surface area contributed by atoms with Gasteiger partial charge in [-0.25, -0.2) is 14.4 Å². The zero-order valence-electron chi connectivity index (χ0n) is 38.7. The van der Waals surface area contributed by atoms with Gasteiger partial charge >= 0.3 is 17.9 Å². The molecule has 0 heterocycles. The monoisotopic (exact) mass is 878 g/mol. The quantitative estimate of drug-likeness (QED) is 0.0203. The Labute approximate surface area is 381 Å². The smallest absolute Gasteiger partial charge is 0.343 e. The van der Waals surface area contributed by atoms with E-state index in [9.17, 15) is 19.2 Å². The molecule has 1 unspecified atom stereocenters. The average Bonchev–Trinajstić information content (AvgIpc) is 3.31. The number of Topliss-reactive ketones (excluding diaryl/α,β-unsaturated/α-hetero) is 1. The molecule has 10 nitrogen and oxygen atoms in total. The number of unbranched alkanes of at least 4 members (excludes halogenated alkanes) is 13. The van der Waals surface area contributed by atoms with Crippen molar-refractivity contribution in [3.8, 4) is 28.7 Å². The van der Waals surface area contributed by atoms with Crippen LogP contribution in [0.5, 0.6) is 28.7 Å². The molecule has 0 fully saturated rings. The summed E-state index contributed by atoms with van der Waals surface area (Å²) in [6.45, 7) is 9.08. The minimum atomic E-state index is -0.816. The van der Waals surface area contributed by atoms with Gasteiger partial charge in [0.25, 0.3) is 0 Å². The van der Waals surface area contributed by atoms with E-state index in [4.69, 9.17) is 28.4 Å². The summed E-state index contributed by atoms with van der Waals surface area (Å²) in [6, 6.07) is 24.4. The maximum Gasteiger partial charge on any atom is 0.343 e. The van der Waals surface area contributed by atoms with Crippen molar-refractivity contribution in [2.45, 2.75) is 149 Å². The molecule has 10 heteroatoms. The first-order valence-electron chi connectivity index (χ1n) is 23.7. The molecule has 0 aromatic heterocycles. The maximum absolute atomic E-state index is 13.6. The molecule has 0 N–H and O–H groups in total. The molecular weight excluding hydrogens is 809 g/mol. The van der Waals surface area contributed by atoms with Gasteiger partial charge in [0.15, 0.2) is 5.78 Å². The van der Waals surface area contributed by atoms with Gasteiger partial charge in [-0.05, 0) is 124 Å². The molecule has 346 valence electrons. The summed E-state index contributed by atoms with van der Waals surface area (Å²) in [5.74, 6) is -0.272. The SMILES string of the molecule is CCCCCCCCOc1ccc(C(=O)Oc2ccc(OC(=O)c3ccc(OC(C)CCCCCC)cc3)cc2C(=O)OCCOc2ccc(C(=O)CCCCCCCC)cc2)cc1. The number of hydrogen-bond donors (Lipinski definition) is 0. The van der Waals surface area contributed by atoms with Gasteiger partial charge < -0.3 is 28.4 Å². The summed E-state index contributed by atoms with van der Waals surface area (Å²) in [5, 5.41) is 0. The molecule has 0 saturated heterocycles. The molecule has 0 amide bonds. The number of benzene rings is 4. The topological polar surface area (TPSA) is 124 Å². The summed E-state index contributed by atoms with van der Waals surface area (Å²) < 4.78 is 34.6. The Hall–Kier alpha value is -5.64. The van der Waals surface area contributed by atoms with Crippen LogP contribution in [-0.2, 0) is 4.74 Å². The fourth-order valence-corrected chi connectivity index (χ4v) is 7.04. The third-order valence-corrected chi connectivity index (χ3v) is 10.9. The van der Waals surface area contributed by atoms with Gasteiger partial charge in [-0.15, -0.1) is 0 Å². The highest BCUT2D eigenvalue weighted by atomic mass is 16.6. The van der Waals surface area contributed by atoms with E-state index in [0.29, 0.717) is 35.8 Å². The van der Waals surface area contributed by atoms with Crippen LogP contribution in [-0.4, -0.2) is 49.6 Å². The Morgan fingerprint density at radius 2 is 0.938 bits per heavy atom. The Morgan fingerprint density at radius 3 is 1.55 bits per heavy atom. The molecule has 4 rings (SSSR count). The van der Waals surface area contributed by atoms with Gasteiger partial charge in [0.2, 0.25) is 0 Å². The lowest BCUT2D eigenvalue weighted by Crippen LogP contribution is -2.16.